The molecule has 0 radical (unpaired) electrons. The minimum Gasteiger partial charge on any atom is -0.506 e. The van der Waals surface area contributed by atoms with Crippen LogP contribution in [0.5, 0.6) is 5.75 Å². The molecule has 1 rings (SSSR count). The Kier molecular flexibility index (Phi) is 3.12. The monoisotopic (exact) mass is 163 g/mol. The lowest BCUT2D eigenvalue weighted by atomic mass is 10.3. The van der Waals surface area contributed by atoms with E-state index in [0.29, 0.717) is 12.1 Å². The summed E-state index contributed by atoms with van der Waals surface area (Å²) in [6, 6.07) is 3.15. The Bertz CT molecular complexity index is 295. The first-order valence-corrected chi connectivity index (χ1v) is 3.57. The van der Waals surface area contributed by atoms with Crippen molar-refractivity contribution in [2.24, 2.45) is 0 Å². The molecule has 0 fully saturated rings. The van der Waals surface area contributed by atoms with Crippen molar-refractivity contribution in [2.75, 3.05) is 6.61 Å². The number of aromatic nitrogens is 1. The predicted octanol–water partition coefficient (Wildman–Crippen LogP) is 0.521. The molecular formula is C9H9NO2. The molecule has 12 heavy (non-hydrogen) atoms. The highest BCUT2D eigenvalue weighted by molar-refractivity contribution is 5.30. The SMILES string of the molecule is OCCC#Cc1ccc(O)cn1. The Morgan fingerprint density at radius 3 is 2.83 bits per heavy atom. The van der Waals surface area contributed by atoms with Crippen LogP contribution in [0.15, 0.2) is 18.3 Å². The minimum absolute atomic E-state index is 0.0606. The lowest BCUT2D eigenvalue weighted by Crippen LogP contribution is -1.81. The van der Waals surface area contributed by atoms with Gasteiger partial charge < -0.3 is 10.2 Å². The number of nitrogens with zero attached hydrogens (tertiary/aromatic N) is 1. The van der Waals surface area contributed by atoms with Gasteiger partial charge in [-0.15, -0.1) is 0 Å². The molecule has 1 aromatic heterocycles. The maximum atomic E-state index is 8.88. The molecule has 0 aliphatic heterocycles. The first-order valence-electron chi connectivity index (χ1n) is 3.57. The van der Waals surface area contributed by atoms with Crippen LogP contribution in [0.25, 0.3) is 0 Å². The van der Waals surface area contributed by atoms with E-state index in [4.69, 9.17) is 10.2 Å². The number of aliphatic hydroxyl groups excluding tert-OH is 1. The van der Waals surface area contributed by atoms with Crippen molar-refractivity contribution < 1.29 is 10.2 Å². The Hall–Kier alpha value is -1.53. The van der Waals surface area contributed by atoms with Gasteiger partial charge in [0.15, 0.2) is 0 Å². The second-order valence-electron chi connectivity index (χ2n) is 2.18. The van der Waals surface area contributed by atoms with E-state index >= 15 is 0 Å². The summed E-state index contributed by atoms with van der Waals surface area (Å²) in [6.45, 7) is 0.0606. The second-order valence-corrected chi connectivity index (χ2v) is 2.18. The number of hydrogen-bond acceptors (Lipinski definition) is 3. The Morgan fingerprint density at radius 2 is 2.25 bits per heavy atom. The zero-order valence-corrected chi connectivity index (χ0v) is 6.49. The van der Waals surface area contributed by atoms with Gasteiger partial charge in [0.1, 0.15) is 11.4 Å². The summed E-state index contributed by atoms with van der Waals surface area (Å²) in [6.07, 6.45) is 1.78. The molecule has 0 atom stereocenters. The van der Waals surface area contributed by atoms with E-state index in [2.05, 4.69) is 16.8 Å². The van der Waals surface area contributed by atoms with Crippen LogP contribution in [0, 0.1) is 11.8 Å². The zero-order valence-electron chi connectivity index (χ0n) is 6.49. The molecule has 0 aliphatic rings. The first-order chi connectivity index (χ1) is 5.83. The standard InChI is InChI=1S/C9H9NO2/c11-6-2-1-3-8-4-5-9(12)7-10-8/h4-5,7,11-12H,2,6H2. The van der Waals surface area contributed by atoms with Gasteiger partial charge in [0.25, 0.3) is 0 Å². The average Bonchev–Trinajstić information content (AvgIpc) is 2.09. The van der Waals surface area contributed by atoms with Gasteiger partial charge in [0.05, 0.1) is 12.8 Å². The van der Waals surface area contributed by atoms with Crippen molar-refractivity contribution in [2.45, 2.75) is 6.42 Å². The normalized spacial score (nSPS) is 8.75. The number of pyridine rings is 1. The smallest absolute Gasteiger partial charge is 0.133 e. The third-order valence-corrected chi connectivity index (χ3v) is 1.20. The first kappa shape index (κ1) is 8.57. The van der Waals surface area contributed by atoms with Gasteiger partial charge in [-0.05, 0) is 18.1 Å². The van der Waals surface area contributed by atoms with E-state index in [1.54, 1.807) is 6.07 Å². The van der Waals surface area contributed by atoms with Crippen LogP contribution in [0.4, 0.5) is 0 Å². The van der Waals surface area contributed by atoms with Crippen molar-refractivity contribution in [1.82, 2.24) is 4.98 Å². The van der Waals surface area contributed by atoms with E-state index in [1.807, 2.05) is 0 Å². The fourth-order valence-electron chi connectivity index (χ4n) is 0.669. The molecule has 0 aromatic carbocycles. The summed E-state index contributed by atoms with van der Waals surface area (Å²) in [4.78, 5) is 3.84. The molecule has 0 unspecified atom stereocenters. The van der Waals surface area contributed by atoms with E-state index in [9.17, 15) is 0 Å². The topological polar surface area (TPSA) is 53.4 Å². The van der Waals surface area contributed by atoms with E-state index in [-0.39, 0.29) is 12.4 Å². The molecule has 62 valence electrons. The van der Waals surface area contributed by atoms with Gasteiger partial charge in [0, 0.05) is 6.42 Å². The maximum absolute atomic E-state index is 8.88. The van der Waals surface area contributed by atoms with E-state index in [0.717, 1.165) is 0 Å². The minimum atomic E-state index is 0.0606. The zero-order chi connectivity index (χ0) is 8.81. The van der Waals surface area contributed by atoms with Gasteiger partial charge in [-0.25, -0.2) is 4.98 Å². The lowest BCUT2D eigenvalue weighted by Gasteiger charge is -1.89. The number of aromatic hydroxyl groups is 1. The Labute approximate surface area is 70.7 Å². The van der Waals surface area contributed by atoms with Crippen LogP contribution in [0.3, 0.4) is 0 Å². The molecular weight excluding hydrogens is 154 g/mol. The molecule has 0 saturated carbocycles. The summed E-state index contributed by atoms with van der Waals surface area (Å²) < 4.78 is 0. The lowest BCUT2D eigenvalue weighted by molar-refractivity contribution is 0.305. The highest BCUT2D eigenvalue weighted by atomic mass is 16.3. The van der Waals surface area contributed by atoms with Crippen molar-refractivity contribution >= 4 is 0 Å². The fourth-order valence-corrected chi connectivity index (χ4v) is 0.669. The van der Waals surface area contributed by atoms with Gasteiger partial charge in [-0.3, -0.25) is 0 Å². The summed E-state index contributed by atoms with van der Waals surface area (Å²) in [5, 5.41) is 17.3. The van der Waals surface area contributed by atoms with Crippen molar-refractivity contribution in [3.05, 3.63) is 24.0 Å². The quantitative estimate of drug-likeness (QED) is 0.593. The fraction of sp³-hybridized carbons (Fsp3) is 0.222. The molecule has 0 bridgehead atoms. The Morgan fingerprint density at radius 1 is 1.42 bits per heavy atom. The molecule has 0 saturated heterocycles. The van der Waals surface area contributed by atoms with Gasteiger partial charge in [-0.1, -0.05) is 5.92 Å². The number of aliphatic hydroxyl groups is 1. The molecule has 0 aliphatic carbocycles. The molecule has 3 heteroatoms. The van der Waals surface area contributed by atoms with Gasteiger partial charge in [0.2, 0.25) is 0 Å². The Balaban J connectivity index is 2.66. The number of rotatable bonds is 1. The van der Waals surface area contributed by atoms with Crippen LogP contribution in [0.2, 0.25) is 0 Å². The van der Waals surface area contributed by atoms with Crippen molar-refractivity contribution in [1.29, 1.82) is 0 Å². The second kappa shape index (κ2) is 4.37. The van der Waals surface area contributed by atoms with Gasteiger partial charge in [-0.2, -0.15) is 0 Å². The molecule has 3 nitrogen and oxygen atoms in total. The summed E-state index contributed by atoms with van der Waals surface area (Å²) in [7, 11) is 0. The highest BCUT2D eigenvalue weighted by Crippen LogP contribution is 2.04. The molecule has 1 aromatic rings. The van der Waals surface area contributed by atoms with Crippen molar-refractivity contribution in [3.8, 4) is 17.6 Å². The predicted molar refractivity (Wildman–Crippen MR) is 44.5 cm³/mol. The molecule has 0 amide bonds. The summed E-state index contributed by atoms with van der Waals surface area (Å²) in [5.41, 5.74) is 0.598. The number of hydrogen-bond donors (Lipinski definition) is 2. The third-order valence-electron chi connectivity index (χ3n) is 1.20. The van der Waals surface area contributed by atoms with E-state index in [1.165, 1.54) is 12.3 Å². The molecule has 0 spiro atoms. The average molecular weight is 163 g/mol. The van der Waals surface area contributed by atoms with Crippen molar-refractivity contribution in [3.63, 3.8) is 0 Å². The third kappa shape index (κ3) is 2.60. The maximum Gasteiger partial charge on any atom is 0.133 e. The largest absolute Gasteiger partial charge is 0.506 e. The molecule has 2 N–H and O–H groups in total. The van der Waals surface area contributed by atoms with Crippen LogP contribution < -0.4 is 0 Å². The highest BCUT2D eigenvalue weighted by Gasteiger charge is 1.87. The van der Waals surface area contributed by atoms with E-state index < -0.39 is 0 Å². The van der Waals surface area contributed by atoms with Crippen LogP contribution in [0.1, 0.15) is 12.1 Å². The van der Waals surface area contributed by atoms with Crippen LogP contribution in [-0.4, -0.2) is 21.8 Å². The summed E-state index contributed by atoms with van der Waals surface area (Å²) in [5.74, 6) is 5.59. The van der Waals surface area contributed by atoms with Crippen LogP contribution >= 0.6 is 0 Å². The van der Waals surface area contributed by atoms with Crippen LogP contribution in [-0.2, 0) is 0 Å². The summed E-state index contributed by atoms with van der Waals surface area (Å²) >= 11 is 0. The van der Waals surface area contributed by atoms with Gasteiger partial charge >= 0.3 is 0 Å². The molecule has 1 heterocycles.